The molecule has 3 heterocycles. The molecule has 2 aromatic rings. The SMILES string of the molecule is O=C(N[C@H]1CCCCNC1=O)c1ccc(N2CCC(NCc3ccc4c(c3)OCO4)CC2)cc1. The number of piperidine rings is 1. The van der Waals surface area contributed by atoms with Gasteiger partial charge in [0.1, 0.15) is 6.04 Å². The molecule has 0 aliphatic carbocycles. The maximum atomic E-state index is 12.6. The fourth-order valence-electron chi connectivity index (χ4n) is 4.80. The molecule has 34 heavy (non-hydrogen) atoms. The van der Waals surface area contributed by atoms with Gasteiger partial charge in [0.25, 0.3) is 5.91 Å². The first-order valence-electron chi connectivity index (χ1n) is 12.2. The number of carbonyl (C=O) groups is 2. The molecule has 3 aliphatic heterocycles. The highest BCUT2D eigenvalue weighted by Gasteiger charge is 2.24. The molecule has 0 unspecified atom stereocenters. The Hall–Kier alpha value is -3.26. The summed E-state index contributed by atoms with van der Waals surface area (Å²) in [6.07, 6.45) is 4.70. The van der Waals surface area contributed by atoms with Crippen LogP contribution in [0.1, 0.15) is 48.0 Å². The van der Waals surface area contributed by atoms with Crippen LogP contribution in [0.2, 0.25) is 0 Å². The third kappa shape index (κ3) is 5.28. The number of benzene rings is 2. The van der Waals surface area contributed by atoms with E-state index in [1.54, 1.807) is 0 Å². The second kappa shape index (κ2) is 10.3. The minimum Gasteiger partial charge on any atom is -0.454 e. The molecule has 8 heteroatoms. The first kappa shape index (κ1) is 22.5. The molecule has 2 amide bonds. The van der Waals surface area contributed by atoms with E-state index in [0.717, 1.165) is 62.5 Å². The highest BCUT2D eigenvalue weighted by atomic mass is 16.7. The summed E-state index contributed by atoms with van der Waals surface area (Å²) in [6, 6.07) is 13.8. The van der Waals surface area contributed by atoms with Gasteiger partial charge in [-0.2, -0.15) is 0 Å². The maximum absolute atomic E-state index is 12.6. The van der Waals surface area contributed by atoms with Crippen LogP contribution in [0, 0.1) is 0 Å². The Kier molecular flexibility index (Phi) is 6.85. The van der Waals surface area contributed by atoms with Crippen LogP contribution >= 0.6 is 0 Å². The van der Waals surface area contributed by atoms with Crippen LogP contribution in [0.15, 0.2) is 42.5 Å². The Morgan fingerprint density at radius 1 is 1.00 bits per heavy atom. The van der Waals surface area contributed by atoms with Gasteiger partial charge in [-0.1, -0.05) is 6.07 Å². The Morgan fingerprint density at radius 3 is 2.62 bits per heavy atom. The van der Waals surface area contributed by atoms with E-state index in [0.29, 0.717) is 31.4 Å². The lowest BCUT2D eigenvalue weighted by atomic mass is 10.0. The summed E-state index contributed by atoms with van der Waals surface area (Å²) in [5.74, 6) is 1.36. The molecule has 3 aliphatic rings. The topological polar surface area (TPSA) is 91.9 Å². The van der Waals surface area contributed by atoms with Crippen molar-refractivity contribution < 1.29 is 19.1 Å². The van der Waals surface area contributed by atoms with Gasteiger partial charge in [-0.3, -0.25) is 9.59 Å². The van der Waals surface area contributed by atoms with Crippen molar-refractivity contribution in [3.05, 3.63) is 53.6 Å². The number of nitrogens with one attached hydrogen (secondary N) is 3. The van der Waals surface area contributed by atoms with Crippen molar-refractivity contribution in [2.45, 2.75) is 50.7 Å². The average molecular weight is 465 g/mol. The molecule has 3 N–H and O–H groups in total. The molecule has 0 radical (unpaired) electrons. The van der Waals surface area contributed by atoms with Crippen LogP contribution in [0.25, 0.3) is 0 Å². The molecule has 8 nitrogen and oxygen atoms in total. The molecule has 0 spiro atoms. The van der Waals surface area contributed by atoms with Crippen molar-refractivity contribution in [3.63, 3.8) is 0 Å². The molecule has 5 rings (SSSR count). The summed E-state index contributed by atoms with van der Waals surface area (Å²) in [5, 5.41) is 9.41. The number of carbonyl (C=O) groups excluding carboxylic acids is 2. The predicted molar refractivity (Wildman–Crippen MR) is 129 cm³/mol. The van der Waals surface area contributed by atoms with Crippen LogP contribution in [-0.4, -0.2) is 50.3 Å². The summed E-state index contributed by atoms with van der Waals surface area (Å²) < 4.78 is 10.8. The van der Waals surface area contributed by atoms with E-state index in [2.05, 4.69) is 26.9 Å². The van der Waals surface area contributed by atoms with Crippen molar-refractivity contribution in [1.29, 1.82) is 0 Å². The number of nitrogens with zero attached hydrogens (tertiary/aromatic N) is 1. The van der Waals surface area contributed by atoms with Crippen molar-refractivity contribution in [2.75, 3.05) is 31.3 Å². The second-order valence-electron chi connectivity index (χ2n) is 9.19. The molecule has 2 fully saturated rings. The molecular formula is C26H32N4O4. The number of ether oxygens (including phenoxy) is 2. The summed E-state index contributed by atoms with van der Waals surface area (Å²) >= 11 is 0. The van der Waals surface area contributed by atoms with E-state index in [4.69, 9.17) is 9.47 Å². The number of amides is 2. The lowest BCUT2D eigenvalue weighted by Crippen LogP contribution is -2.45. The highest BCUT2D eigenvalue weighted by molar-refractivity contribution is 5.97. The largest absolute Gasteiger partial charge is 0.454 e. The Morgan fingerprint density at radius 2 is 1.79 bits per heavy atom. The summed E-state index contributed by atoms with van der Waals surface area (Å²) in [5.41, 5.74) is 2.90. The first-order chi connectivity index (χ1) is 16.7. The highest BCUT2D eigenvalue weighted by Crippen LogP contribution is 2.32. The monoisotopic (exact) mass is 464 g/mol. The van der Waals surface area contributed by atoms with Crippen molar-refractivity contribution in [1.82, 2.24) is 16.0 Å². The number of hydrogen-bond acceptors (Lipinski definition) is 6. The van der Waals surface area contributed by atoms with Gasteiger partial charge in [0.15, 0.2) is 11.5 Å². The number of rotatable bonds is 6. The third-order valence-electron chi connectivity index (χ3n) is 6.86. The fourth-order valence-corrected chi connectivity index (χ4v) is 4.80. The van der Waals surface area contributed by atoms with Gasteiger partial charge < -0.3 is 30.3 Å². The van der Waals surface area contributed by atoms with Crippen LogP contribution < -0.4 is 30.3 Å². The first-order valence-corrected chi connectivity index (χ1v) is 12.2. The number of fused-ring (bicyclic) bond motifs is 1. The lowest BCUT2D eigenvalue weighted by Gasteiger charge is -2.34. The Bertz CT molecular complexity index is 1020. The van der Waals surface area contributed by atoms with E-state index in [9.17, 15) is 9.59 Å². The van der Waals surface area contributed by atoms with E-state index < -0.39 is 6.04 Å². The number of anilines is 1. The van der Waals surface area contributed by atoms with E-state index in [1.807, 2.05) is 36.4 Å². The van der Waals surface area contributed by atoms with E-state index in [-0.39, 0.29) is 11.8 Å². The minimum atomic E-state index is -0.445. The van der Waals surface area contributed by atoms with Crippen LogP contribution in [-0.2, 0) is 11.3 Å². The van der Waals surface area contributed by atoms with Crippen molar-refractivity contribution in [3.8, 4) is 11.5 Å². The van der Waals surface area contributed by atoms with Gasteiger partial charge in [0, 0.05) is 43.5 Å². The zero-order valence-corrected chi connectivity index (χ0v) is 19.3. The van der Waals surface area contributed by atoms with Crippen LogP contribution in [0.5, 0.6) is 11.5 Å². The minimum absolute atomic E-state index is 0.0857. The average Bonchev–Trinajstić information content (AvgIpc) is 3.25. The Balaban J connectivity index is 1.09. The Labute approximate surface area is 200 Å². The molecule has 1 atom stereocenters. The molecule has 0 bridgehead atoms. The normalized spacial score (nSPS) is 20.5. The molecule has 180 valence electrons. The standard InChI is InChI=1S/C26H32N4O4/c31-25(29-22-3-1-2-12-27-26(22)32)19-5-7-21(8-6-19)30-13-10-20(11-14-30)28-16-18-4-9-23-24(15-18)34-17-33-23/h4-9,15,20,22,28H,1-3,10-14,16-17H2,(H,27,32)(H,29,31)/t22-/m0/s1. The zero-order chi connectivity index (χ0) is 23.3. The quantitative estimate of drug-likeness (QED) is 0.609. The van der Waals surface area contributed by atoms with Gasteiger partial charge in [-0.05, 0) is 74.1 Å². The maximum Gasteiger partial charge on any atom is 0.251 e. The smallest absolute Gasteiger partial charge is 0.251 e. The van der Waals surface area contributed by atoms with E-state index in [1.165, 1.54) is 5.56 Å². The van der Waals surface area contributed by atoms with Crippen LogP contribution in [0.4, 0.5) is 5.69 Å². The lowest BCUT2D eigenvalue weighted by molar-refractivity contribution is -0.122. The molecule has 2 aromatic carbocycles. The van der Waals surface area contributed by atoms with Crippen LogP contribution in [0.3, 0.4) is 0 Å². The summed E-state index contributed by atoms with van der Waals surface area (Å²) in [4.78, 5) is 27.1. The fraction of sp³-hybridized carbons (Fsp3) is 0.462. The van der Waals surface area contributed by atoms with Gasteiger partial charge in [-0.25, -0.2) is 0 Å². The third-order valence-corrected chi connectivity index (χ3v) is 6.86. The summed E-state index contributed by atoms with van der Waals surface area (Å²) in [6.45, 7) is 3.72. The van der Waals surface area contributed by atoms with Crippen molar-refractivity contribution in [2.24, 2.45) is 0 Å². The van der Waals surface area contributed by atoms with Gasteiger partial charge >= 0.3 is 0 Å². The van der Waals surface area contributed by atoms with Crippen molar-refractivity contribution >= 4 is 17.5 Å². The molecule has 0 saturated carbocycles. The number of hydrogen-bond donors (Lipinski definition) is 3. The molecule has 0 aromatic heterocycles. The summed E-state index contributed by atoms with van der Waals surface area (Å²) in [7, 11) is 0. The van der Waals surface area contributed by atoms with Gasteiger partial charge in [-0.15, -0.1) is 0 Å². The van der Waals surface area contributed by atoms with Gasteiger partial charge in [0.2, 0.25) is 12.7 Å². The molecule has 2 saturated heterocycles. The van der Waals surface area contributed by atoms with E-state index >= 15 is 0 Å². The zero-order valence-electron chi connectivity index (χ0n) is 19.3. The predicted octanol–water partition coefficient (Wildman–Crippen LogP) is 2.57. The second-order valence-corrected chi connectivity index (χ2v) is 9.19. The molecular weight excluding hydrogens is 432 g/mol. The van der Waals surface area contributed by atoms with Gasteiger partial charge in [0.05, 0.1) is 0 Å².